The molecule has 0 bridgehead atoms. The Morgan fingerprint density at radius 1 is 1.36 bits per heavy atom. The summed E-state index contributed by atoms with van der Waals surface area (Å²) in [6, 6.07) is 0.572. The summed E-state index contributed by atoms with van der Waals surface area (Å²) in [6.07, 6.45) is 5.14. The maximum atomic E-state index is 5.87. The molecule has 1 aliphatic carbocycles. The Bertz CT molecular complexity index is 310. The van der Waals surface area contributed by atoms with Crippen LogP contribution in [0.2, 0.25) is 0 Å². The molecule has 0 spiro atoms. The molecule has 78 valence electrons. The van der Waals surface area contributed by atoms with Gasteiger partial charge in [0, 0.05) is 6.04 Å². The second-order valence-electron chi connectivity index (χ2n) is 4.20. The topological polar surface area (TPSA) is 56.7 Å². The third-order valence-corrected chi connectivity index (χ3v) is 2.99. The van der Waals surface area contributed by atoms with Gasteiger partial charge in [-0.1, -0.05) is 12.8 Å². The number of nitrogens with zero attached hydrogens (tertiary/aromatic N) is 3. The van der Waals surface area contributed by atoms with Gasteiger partial charge in [-0.3, -0.25) is 0 Å². The summed E-state index contributed by atoms with van der Waals surface area (Å²) in [6.45, 7) is 3.98. The molecule has 1 saturated carbocycles. The van der Waals surface area contributed by atoms with Crippen LogP contribution in [0.4, 0.5) is 0 Å². The van der Waals surface area contributed by atoms with E-state index in [2.05, 4.69) is 14.8 Å². The minimum atomic E-state index is -0.0169. The van der Waals surface area contributed by atoms with E-state index in [1.54, 1.807) is 0 Å². The lowest BCUT2D eigenvalue weighted by Gasteiger charge is -2.17. The Balaban J connectivity index is 2.33. The third kappa shape index (κ3) is 1.54. The molecule has 2 N–H and O–H groups in total. The number of aryl methyl sites for hydroxylation is 1. The predicted octanol–water partition coefficient (Wildman–Crippen LogP) is 1.72. The maximum Gasteiger partial charge on any atom is 0.149 e. The van der Waals surface area contributed by atoms with E-state index in [4.69, 9.17) is 5.73 Å². The van der Waals surface area contributed by atoms with Crippen molar-refractivity contribution in [3.8, 4) is 0 Å². The van der Waals surface area contributed by atoms with Crippen molar-refractivity contribution in [2.45, 2.75) is 51.6 Å². The van der Waals surface area contributed by atoms with Gasteiger partial charge >= 0.3 is 0 Å². The Morgan fingerprint density at radius 2 is 2.00 bits per heavy atom. The molecular formula is C10H18N4. The van der Waals surface area contributed by atoms with E-state index >= 15 is 0 Å². The van der Waals surface area contributed by atoms with Crippen LogP contribution in [-0.2, 0) is 0 Å². The minimum absolute atomic E-state index is 0.0169. The molecule has 2 rings (SSSR count). The standard InChI is InChI=1S/C10H18N4/c1-7(11)10-13-12-8(2)14(10)9-5-3-4-6-9/h7,9H,3-6,11H2,1-2H3/t7-/m0/s1. The molecule has 1 aliphatic rings. The zero-order valence-electron chi connectivity index (χ0n) is 8.90. The van der Waals surface area contributed by atoms with Crippen molar-refractivity contribution < 1.29 is 0 Å². The second kappa shape index (κ2) is 3.69. The first-order valence-electron chi connectivity index (χ1n) is 5.37. The summed E-state index contributed by atoms with van der Waals surface area (Å²) in [7, 11) is 0. The highest BCUT2D eigenvalue weighted by molar-refractivity contribution is 5.01. The van der Waals surface area contributed by atoms with Gasteiger partial charge in [0.15, 0.2) is 0 Å². The molecule has 0 amide bonds. The molecule has 1 atom stereocenters. The molecule has 0 saturated heterocycles. The van der Waals surface area contributed by atoms with Gasteiger partial charge in [0.2, 0.25) is 0 Å². The van der Waals surface area contributed by atoms with Gasteiger partial charge in [-0.25, -0.2) is 0 Å². The van der Waals surface area contributed by atoms with E-state index < -0.39 is 0 Å². The molecule has 0 aromatic carbocycles. The van der Waals surface area contributed by atoms with E-state index in [1.165, 1.54) is 25.7 Å². The molecule has 1 heterocycles. The Kier molecular flexibility index (Phi) is 2.54. The molecule has 0 aliphatic heterocycles. The first kappa shape index (κ1) is 9.65. The number of aromatic nitrogens is 3. The molecule has 14 heavy (non-hydrogen) atoms. The van der Waals surface area contributed by atoms with Crippen LogP contribution < -0.4 is 5.73 Å². The highest BCUT2D eigenvalue weighted by Gasteiger charge is 2.23. The predicted molar refractivity (Wildman–Crippen MR) is 54.9 cm³/mol. The number of nitrogens with two attached hydrogens (primary N) is 1. The van der Waals surface area contributed by atoms with Crippen molar-refractivity contribution in [3.05, 3.63) is 11.6 Å². The van der Waals surface area contributed by atoms with Gasteiger partial charge < -0.3 is 10.3 Å². The summed E-state index contributed by atoms with van der Waals surface area (Å²) in [5.74, 6) is 1.94. The molecule has 1 fully saturated rings. The summed E-state index contributed by atoms with van der Waals surface area (Å²) in [4.78, 5) is 0. The second-order valence-corrected chi connectivity index (χ2v) is 4.20. The molecule has 1 aromatic rings. The van der Waals surface area contributed by atoms with Crippen LogP contribution in [0, 0.1) is 6.92 Å². The molecule has 4 nitrogen and oxygen atoms in total. The fourth-order valence-corrected chi connectivity index (χ4v) is 2.31. The van der Waals surface area contributed by atoms with E-state index in [1.807, 2.05) is 13.8 Å². The minimum Gasteiger partial charge on any atom is -0.322 e. The van der Waals surface area contributed by atoms with Gasteiger partial charge in [-0.2, -0.15) is 0 Å². The van der Waals surface area contributed by atoms with Crippen molar-refractivity contribution in [2.24, 2.45) is 5.73 Å². The van der Waals surface area contributed by atoms with Gasteiger partial charge in [-0.05, 0) is 26.7 Å². The van der Waals surface area contributed by atoms with Crippen LogP contribution in [0.15, 0.2) is 0 Å². The zero-order valence-corrected chi connectivity index (χ0v) is 8.90. The smallest absolute Gasteiger partial charge is 0.149 e. The number of rotatable bonds is 2. The monoisotopic (exact) mass is 194 g/mol. The Labute approximate surface area is 84.5 Å². The van der Waals surface area contributed by atoms with Crippen molar-refractivity contribution in [1.29, 1.82) is 0 Å². The molecule has 0 radical (unpaired) electrons. The van der Waals surface area contributed by atoms with Crippen LogP contribution in [-0.4, -0.2) is 14.8 Å². The van der Waals surface area contributed by atoms with E-state index in [9.17, 15) is 0 Å². The first-order valence-corrected chi connectivity index (χ1v) is 5.37. The highest BCUT2D eigenvalue weighted by atomic mass is 15.3. The SMILES string of the molecule is Cc1nnc([C@H](C)N)n1C1CCCC1. The van der Waals surface area contributed by atoms with Crippen LogP contribution in [0.5, 0.6) is 0 Å². The lowest BCUT2D eigenvalue weighted by molar-refractivity contribution is 0.473. The van der Waals surface area contributed by atoms with Crippen molar-refractivity contribution in [3.63, 3.8) is 0 Å². The zero-order chi connectivity index (χ0) is 10.1. The van der Waals surface area contributed by atoms with Crippen LogP contribution in [0.3, 0.4) is 0 Å². The average Bonchev–Trinajstić information content (AvgIpc) is 2.71. The van der Waals surface area contributed by atoms with Crippen LogP contribution in [0.1, 0.15) is 56.3 Å². The van der Waals surface area contributed by atoms with Gasteiger partial charge in [0.25, 0.3) is 0 Å². The maximum absolute atomic E-state index is 5.87. The van der Waals surface area contributed by atoms with Gasteiger partial charge in [0.1, 0.15) is 11.6 Å². The van der Waals surface area contributed by atoms with Gasteiger partial charge in [-0.15, -0.1) is 10.2 Å². The number of hydrogen-bond donors (Lipinski definition) is 1. The molecule has 0 unspecified atom stereocenters. The summed E-state index contributed by atoms with van der Waals surface area (Å²) in [5, 5.41) is 8.26. The Hall–Kier alpha value is -0.900. The molecular weight excluding hydrogens is 176 g/mol. The molecule has 4 heteroatoms. The van der Waals surface area contributed by atoms with E-state index in [-0.39, 0.29) is 6.04 Å². The molecule has 1 aromatic heterocycles. The summed E-state index contributed by atoms with van der Waals surface area (Å²) in [5.41, 5.74) is 5.87. The van der Waals surface area contributed by atoms with Crippen molar-refractivity contribution in [1.82, 2.24) is 14.8 Å². The Morgan fingerprint density at radius 3 is 2.57 bits per heavy atom. The largest absolute Gasteiger partial charge is 0.322 e. The fraction of sp³-hybridized carbons (Fsp3) is 0.800. The number of hydrogen-bond acceptors (Lipinski definition) is 3. The highest BCUT2D eigenvalue weighted by Crippen LogP contribution is 2.31. The fourth-order valence-electron chi connectivity index (χ4n) is 2.31. The normalized spacial score (nSPS) is 20.2. The van der Waals surface area contributed by atoms with Crippen molar-refractivity contribution >= 4 is 0 Å². The van der Waals surface area contributed by atoms with Crippen LogP contribution in [0.25, 0.3) is 0 Å². The van der Waals surface area contributed by atoms with E-state index in [0.717, 1.165) is 11.6 Å². The van der Waals surface area contributed by atoms with Crippen molar-refractivity contribution in [2.75, 3.05) is 0 Å². The van der Waals surface area contributed by atoms with Gasteiger partial charge in [0.05, 0.1) is 6.04 Å². The summed E-state index contributed by atoms with van der Waals surface area (Å²) < 4.78 is 2.23. The lowest BCUT2D eigenvalue weighted by Crippen LogP contribution is -2.17. The van der Waals surface area contributed by atoms with Crippen LogP contribution >= 0.6 is 0 Å². The lowest BCUT2D eigenvalue weighted by atomic mass is 10.2. The van der Waals surface area contributed by atoms with E-state index in [0.29, 0.717) is 6.04 Å². The third-order valence-electron chi connectivity index (χ3n) is 2.99. The first-order chi connectivity index (χ1) is 6.70. The quantitative estimate of drug-likeness (QED) is 0.780. The average molecular weight is 194 g/mol. The summed E-state index contributed by atoms with van der Waals surface area (Å²) >= 11 is 0.